The topological polar surface area (TPSA) is 108 Å². The van der Waals surface area contributed by atoms with E-state index in [0.717, 1.165) is 96.3 Å². The van der Waals surface area contributed by atoms with Crippen molar-refractivity contribution in [3.63, 3.8) is 0 Å². The van der Waals surface area contributed by atoms with Gasteiger partial charge in [0.2, 0.25) is 0 Å². The summed E-state index contributed by atoms with van der Waals surface area (Å²) in [6.07, 6.45) is 83.3. The highest BCUT2D eigenvalue weighted by Gasteiger charge is 2.25. The quantitative estimate of drug-likeness (QED) is 0.0211. The van der Waals surface area contributed by atoms with Crippen molar-refractivity contribution in [1.82, 2.24) is 0 Å². The molecule has 0 aliphatic rings. The Morgan fingerprint density at radius 3 is 1.05 bits per heavy atom. The highest BCUT2D eigenvalue weighted by atomic mass is 16.7. The Labute approximate surface area is 498 Å². The van der Waals surface area contributed by atoms with Gasteiger partial charge in [0, 0.05) is 12.8 Å². The van der Waals surface area contributed by atoms with Crippen LogP contribution in [0, 0.1) is 0 Å². The minimum Gasteiger partial charge on any atom is -0.477 e. The van der Waals surface area contributed by atoms with Gasteiger partial charge in [-0.2, -0.15) is 0 Å². The second-order valence-electron chi connectivity index (χ2n) is 23.0. The highest BCUT2D eigenvalue weighted by molar-refractivity contribution is 5.71. The number of carboxylic acids is 1. The number of quaternary nitrogens is 1. The fraction of sp³-hybridized carbons (Fsp3) is 0.708. The first-order valence-electron chi connectivity index (χ1n) is 33.1. The molecule has 1 N–H and O–H groups in total. The van der Waals surface area contributed by atoms with Crippen LogP contribution in [0.25, 0.3) is 0 Å². The molecule has 0 rings (SSSR count). The zero-order valence-electron chi connectivity index (χ0n) is 52.9. The van der Waals surface area contributed by atoms with Crippen LogP contribution in [0.1, 0.15) is 271 Å². The number of carboxylic acid groups (broad SMARTS) is 1. The van der Waals surface area contributed by atoms with Crippen LogP contribution in [0.3, 0.4) is 0 Å². The molecule has 9 nitrogen and oxygen atoms in total. The van der Waals surface area contributed by atoms with Gasteiger partial charge in [0.1, 0.15) is 13.2 Å². The van der Waals surface area contributed by atoms with Gasteiger partial charge in [-0.05, 0) is 103 Å². The van der Waals surface area contributed by atoms with Crippen LogP contribution in [0.4, 0.5) is 0 Å². The van der Waals surface area contributed by atoms with Crippen molar-refractivity contribution in [3.8, 4) is 0 Å². The van der Waals surface area contributed by atoms with Crippen molar-refractivity contribution in [2.75, 3.05) is 47.5 Å². The predicted molar refractivity (Wildman–Crippen MR) is 345 cm³/mol. The number of allylic oxidation sites excluding steroid dienone is 18. The molecule has 2 atom stereocenters. The Morgan fingerprint density at radius 1 is 0.383 bits per heavy atom. The van der Waals surface area contributed by atoms with E-state index < -0.39 is 24.3 Å². The summed E-state index contributed by atoms with van der Waals surface area (Å²) in [5.74, 6) is -2.04. The molecular formula is C72H124NO8+. The number of unbranched alkanes of at least 4 members (excludes halogenated alkanes) is 27. The summed E-state index contributed by atoms with van der Waals surface area (Å²) in [5.41, 5.74) is 0. The van der Waals surface area contributed by atoms with E-state index in [4.69, 9.17) is 18.9 Å². The van der Waals surface area contributed by atoms with Gasteiger partial charge in [0.15, 0.2) is 6.10 Å². The second kappa shape index (κ2) is 62.0. The lowest BCUT2D eigenvalue weighted by molar-refractivity contribution is -0.870. The molecule has 0 fully saturated rings. The number of hydrogen-bond acceptors (Lipinski definition) is 7. The lowest BCUT2D eigenvalue weighted by Gasteiger charge is -2.25. The molecule has 9 heteroatoms. The van der Waals surface area contributed by atoms with Gasteiger partial charge in [-0.1, -0.05) is 264 Å². The molecule has 464 valence electrons. The molecule has 0 aromatic heterocycles. The van der Waals surface area contributed by atoms with E-state index in [1.807, 2.05) is 21.1 Å². The maximum Gasteiger partial charge on any atom is 0.361 e. The van der Waals surface area contributed by atoms with Crippen molar-refractivity contribution in [2.45, 2.75) is 283 Å². The fourth-order valence-corrected chi connectivity index (χ4v) is 8.97. The Bertz CT molecular complexity index is 1700. The average Bonchev–Trinajstić information content (AvgIpc) is 3.44. The number of hydrogen-bond donors (Lipinski definition) is 1. The number of nitrogens with zero attached hydrogens (tertiary/aromatic N) is 1. The van der Waals surface area contributed by atoms with Crippen LogP contribution in [0.2, 0.25) is 0 Å². The minimum absolute atomic E-state index is 0.178. The molecule has 0 aliphatic carbocycles. The van der Waals surface area contributed by atoms with Crippen LogP contribution in [0.15, 0.2) is 109 Å². The smallest absolute Gasteiger partial charge is 0.361 e. The zero-order valence-corrected chi connectivity index (χ0v) is 52.9. The Kier molecular flexibility index (Phi) is 58.9. The van der Waals surface area contributed by atoms with Crippen molar-refractivity contribution in [2.24, 2.45) is 0 Å². The summed E-state index contributed by atoms with van der Waals surface area (Å²) in [5, 5.41) is 9.73. The summed E-state index contributed by atoms with van der Waals surface area (Å²) < 4.78 is 22.9. The zero-order chi connectivity index (χ0) is 59.1. The molecule has 0 aromatic carbocycles. The molecule has 0 saturated heterocycles. The summed E-state index contributed by atoms with van der Waals surface area (Å²) in [6.45, 7) is 4.73. The molecule has 0 amide bonds. The van der Waals surface area contributed by atoms with Crippen LogP contribution in [0.5, 0.6) is 0 Å². The van der Waals surface area contributed by atoms with Crippen molar-refractivity contribution >= 4 is 17.9 Å². The van der Waals surface area contributed by atoms with Gasteiger partial charge >= 0.3 is 17.9 Å². The van der Waals surface area contributed by atoms with Crippen LogP contribution in [-0.4, -0.2) is 87.4 Å². The number of esters is 2. The van der Waals surface area contributed by atoms with Gasteiger partial charge in [-0.3, -0.25) is 9.59 Å². The van der Waals surface area contributed by atoms with Gasteiger partial charge in [0.05, 0.1) is 34.4 Å². The third-order valence-electron chi connectivity index (χ3n) is 14.0. The first-order chi connectivity index (χ1) is 39.6. The fourth-order valence-electron chi connectivity index (χ4n) is 8.97. The standard InChI is InChI=1S/C72H123NO8/c1-6-8-10-12-14-16-18-20-22-24-26-28-30-31-32-33-34-35-36-37-38-39-41-42-44-46-48-50-52-54-56-58-60-62-69(74)79-66-68(67-80-72(71(76)77)78-65-64-73(3,4)5)81-70(75)63-61-59-57-55-53-51-49-47-45-43-40-29-27-25-23-21-19-17-15-13-11-9-7-2/h9,11,15,17-18,20-21,23-24,26-27,29-31,43,45,49,51,68,72H,6-8,10,12-14,16,19,22,25,28,32-42,44,46-48,50,52-67H2,1-5H3/p+1/b11-9-,17-15-,20-18-,23-21-,26-24-,29-27-,31-30-,45-43-,51-49-. The minimum atomic E-state index is -1.52. The number of aliphatic carboxylic acids is 1. The number of likely N-dealkylation sites (N-methyl/N-ethyl adjacent to an activating group) is 1. The van der Waals surface area contributed by atoms with Crippen LogP contribution >= 0.6 is 0 Å². The first-order valence-corrected chi connectivity index (χ1v) is 33.1. The molecule has 0 saturated carbocycles. The normalized spacial score (nSPS) is 13.4. The first kappa shape index (κ1) is 77.0. The second-order valence-corrected chi connectivity index (χ2v) is 23.0. The molecule has 0 bridgehead atoms. The summed E-state index contributed by atoms with van der Waals surface area (Å²) in [4.78, 5) is 37.5. The molecule has 81 heavy (non-hydrogen) atoms. The summed E-state index contributed by atoms with van der Waals surface area (Å²) >= 11 is 0. The van der Waals surface area contributed by atoms with Crippen LogP contribution in [-0.2, 0) is 33.3 Å². The third-order valence-corrected chi connectivity index (χ3v) is 14.0. The lowest BCUT2D eigenvalue weighted by atomic mass is 10.0. The number of carbonyl (C=O) groups excluding carboxylic acids is 2. The predicted octanol–water partition coefficient (Wildman–Crippen LogP) is 20.2. The third kappa shape index (κ3) is 63.4. The molecule has 0 radical (unpaired) electrons. The Morgan fingerprint density at radius 2 is 0.704 bits per heavy atom. The van der Waals surface area contributed by atoms with Gasteiger partial charge in [0.25, 0.3) is 6.29 Å². The Balaban J connectivity index is 4.17. The largest absolute Gasteiger partial charge is 0.477 e. The van der Waals surface area contributed by atoms with E-state index in [-0.39, 0.29) is 32.2 Å². The van der Waals surface area contributed by atoms with Crippen molar-refractivity contribution in [3.05, 3.63) is 109 Å². The van der Waals surface area contributed by atoms with E-state index in [1.165, 1.54) is 141 Å². The molecule has 0 spiro atoms. The number of carbonyl (C=O) groups is 3. The maximum atomic E-state index is 12.9. The SMILES string of the molecule is CC/C=C\C/C=C\C/C=C\C/C=C\C/C=C\C/C=C\CCCCCCC(=O)OC(COC(=O)CCCCCCCCCCCCCCCCCCCC/C=C\C/C=C\C/C=C\CCCCCCC)COC(OCC[N+](C)(C)C)C(=O)O. The molecule has 0 heterocycles. The maximum absolute atomic E-state index is 12.9. The van der Waals surface area contributed by atoms with E-state index in [9.17, 15) is 19.5 Å². The van der Waals surface area contributed by atoms with Crippen LogP contribution < -0.4 is 0 Å². The van der Waals surface area contributed by atoms with Gasteiger partial charge < -0.3 is 28.5 Å². The van der Waals surface area contributed by atoms with Crippen molar-refractivity contribution in [1.29, 1.82) is 0 Å². The summed E-state index contributed by atoms with van der Waals surface area (Å²) in [6, 6.07) is 0. The van der Waals surface area contributed by atoms with E-state index >= 15 is 0 Å². The van der Waals surface area contributed by atoms with E-state index in [0.29, 0.717) is 23.9 Å². The van der Waals surface area contributed by atoms with Crippen molar-refractivity contribution < 1.29 is 42.9 Å². The monoisotopic (exact) mass is 1130 g/mol. The number of ether oxygens (including phenoxy) is 4. The van der Waals surface area contributed by atoms with Gasteiger partial charge in [-0.25, -0.2) is 4.79 Å². The Hall–Kier alpha value is -4.05. The number of rotatable bonds is 60. The summed E-state index contributed by atoms with van der Waals surface area (Å²) in [7, 11) is 5.96. The van der Waals surface area contributed by atoms with Gasteiger partial charge in [-0.15, -0.1) is 0 Å². The van der Waals surface area contributed by atoms with E-state index in [1.54, 1.807) is 0 Å². The molecule has 0 aromatic rings. The lowest BCUT2D eigenvalue weighted by Crippen LogP contribution is -2.40. The van der Waals surface area contributed by atoms with E-state index in [2.05, 4.69) is 123 Å². The molecule has 0 aliphatic heterocycles. The average molecular weight is 1130 g/mol. The molecule has 2 unspecified atom stereocenters. The highest BCUT2D eigenvalue weighted by Crippen LogP contribution is 2.16. The molecular weight excluding hydrogens is 1010 g/mol.